The third kappa shape index (κ3) is 2.65. The molecule has 5 nitrogen and oxygen atoms in total. The van der Waals surface area contributed by atoms with E-state index in [1.807, 2.05) is 0 Å². The summed E-state index contributed by atoms with van der Waals surface area (Å²) in [6, 6.07) is 3.24. The van der Waals surface area contributed by atoms with E-state index in [0.717, 1.165) is 23.2 Å². The smallest absolute Gasteiger partial charge is 0.248 e. The molecule has 0 amide bonds. The number of sulfonamides is 1. The van der Waals surface area contributed by atoms with E-state index in [2.05, 4.69) is 0 Å². The van der Waals surface area contributed by atoms with E-state index >= 15 is 0 Å². The van der Waals surface area contributed by atoms with Crippen molar-refractivity contribution in [1.82, 2.24) is 4.31 Å². The number of aliphatic hydroxyl groups is 1. The first kappa shape index (κ1) is 15.2. The molecule has 1 saturated carbocycles. The van der Waals surface area contributed by atoms with Crippen LogP contribution in [0.1, 0.15) is 25.7 Å². The highest BCUT2D eigenvalue weighted by atomic mass is 32.2. The van der Waals surface area contributed by atoms with Crippen LogP contribution in [0, 0.1) is 5.82 Å². The molecule has 3 N–H and O–H groups in total. The highest BCUT2D eigenvalue weighted by molar-refractivity contribution is 7.89. The van der Waals surface area contributed by atoms with Gasteiger partial charge in [0, 0.05) is 7.05 Å². The summed E-state index contributed by atoms with van der Waals surface area (Å²) in [7, 11) is -2.70. The Labute approximate surface area is 118 Å². The van der Waals surface area contributed by atoms with E-state index in [1.165, 1.54) is 19.2 Å². The molecule has 2 atom stereocenters. The first-order valence-electron chi connectivity index (χ1n) is 6.56. The molecular weight excluding hydrogens is 283 g/mol. The first-order valence-corrected chi connectivity index (χ1v) is 8.00. The molecule has 0 bridgehead atoms. The molecule has 20 heavy (non-hydrogen) atoms. The molecule has 1 fully saturated rings. The van der Waals surface area contributed by atoms with Gasteiger partial charge in [0.05, 0.1) is 17.8 Å². The van der Waals surface area contributed by atoms with E-state index in [-0.39, 0.29) is 5.69 Å². The van der Waals surface area contributed by atoms with E-state index in [0.29, 0.717) is 12.8 Å². The second-order valence-corrected chi connectivity index (χ2v) is 7.03. The zero-order valence-electron chi connectivity index (χ0n) is 11.3. The molecule has 0 aliphatic heterocycles. The minimum atomic E-state index is -4.06. The maximum absolute atomic E-state index is 13.8. The summed E-state index contributed by atoms with van der Waals surface area (Å²) in [6.07, 6.45) is 2.10. The van der Waals surface area contributed by atoms with Crippen LogP contribution in [0.2, 0.25) is 0 Å². The molecule has 1 aliphatic carbocycles. The molecule has 0 saturated heterocycles. The lowest BCUT2D eigenvalue weighted by atomic mass is 9.93. The minimum absolute atomic E-state index is 0.123. The molecule has 2 unspecified atom stereocenters. The zero-order chi connectivity index (χ0) is 14.9. The first-order chi connectivity index (χ1) is 9.35. The van der Waals surface area contributed by atoms with Crippen LogP contribution in [0.25, 0.3) is 0 Å². The highest BCUT2D eigenvalue weighted by Crippen LogP contribution is 2.30. The number of anilines is 1. The molecule has 1 aromatic rings. The van der Waals surface area contributed by atoms with Crippen LogP contribution in [0.5, 0.6) is 0 Å². The predicted molar refractivity (Wildman–Crippen MR) is 74.0 cm³/mol. The number of hydrogen-bond donors (Lipinski definition) is 2. The Hall–Kier alpha value is -1.18. The fraction of sp³-hybridized carbons (Fsp3) is 0.538. The van der Waals surface area contributed by atoms with Gasteiger partial charge >= 0.3 is 0 Å². The number of rotatable bonds is 3. The number of aliphatic hydroxyl groups excluding tert-OH is 1. The van der Waals surface area contributed by atoms with Crippen LogP contribution >= 0.6 is 0 Å². The van der Waals surface area contributed by atoms with Crippen LogP contribution in [0.3, 0.4) is 0 Å². The van der Waals surface area contributed by atoms with Crippen LogP contribution in [0.15, 0.2) is 23.1 Å². The molecule has 1 aliphatic rings. The Balaban J connectivity index is 2.39. The molecule has 0 aromatic heterocycles. The molecule has 7 heteroatoms. The van der Waals surface area contributed by atoms with E-state index in [1.54, 1.807) is 0 Å². The lowest BCUT2D eigenvalue weighted by molar-refractivity contribution is 0.0637. The van der Waals surface area contributed by atoms with Crippen LogP contribution in [-0.4, -0.2) is 37.0 Å². The van der Waals surface area contributed by atoms with E-state index in [9.17, 15) is 17.9 Å². The van der Waals surface area contributed by atoms with Gasteiger partial charge in [0.15, 0.2) is 0 Å². The Morgan fingerprint density at radius 1 is 1.35 bits per heavy atom. The summed E-state index contributed by atoms with van der Waals surface area (Å²) in [6.45, 7) is 0. The van der Waals surface area contributed by atoms with Crippen molar-refractivity contribution in [3.8, 4) is 0 Å². The number of nitrogen functional groups attached to an aromatic ring is 1. The van der Waals surface area contributed by atoms with Crippen molar-refractivity contribution in [2.75, 3.05) is 12.8 Å². The molecule has 0 radical (unpaired) electrons. The molecular formula is C13H19FN2O3S. The average Bonchev–Trinajstić information content (AvgIpc) is 2.38. The number of benzene rings is 1. The quantitative estimate of drug-likeness (QED) is 0.825. The van der Waals surface area contributed by atoms with E-state index in [4.69, 9.17) is 5.73 Å². The van der Waals surface area contributed by atoms with Gasteiger partial charge < -0.3 is 10.8 Å². The van der Waals surface area contributed by atoms with Crippen molar-refractivity contribution >= 4 is 15.7 Å². The normalized spacial score (nSPS) is 24.0. The SMILES string of the molecule is CN(C1CCCCC1O)S(=O)(=O)c1c(N)cccc1F. The average molecular weight is 302 g/mol. The summed E-state index contributed by atoms with van der Waals surface area (Å²) in [5, 5.41) is 9.96. The molecule has 0 spiro atoms. The largest absolute Gasteiger partial charge is 0.398 e. The van der Waals surface area contributed by atoms with Gasteiger partial charge in [0.25, 0.3) is 0 Å². The zero-order valence-corrected chi connectivity index (χ0v) is 12.1. The summed E-state index contributed by atoms with van der Waals surface area (Å²) in [5.41, 5.74) is 5.48. The summed E-state index contributed by atoms with van der Waals surface area (Å²) < 4.78 is 39.9. The van der Waals surface area contributed by atoms with E-state index < -0.39 is 32.9 Å². The van der Waals surface area contributed by atoms with Gasteiger partial charge in [-0.1, -0.05) is 18.9 Å². The Morgan fingerprint density at radius 2 is 2.00 bits per heavy atom. The summed E-state index contributed by atoms with van der Waals surface area (Å²) in [5.74, 6) is -0.873. The minimum Gasteiger partial charge on any atom is -0.398 e. The number of hydrogen-bond acceptors (Lipinski definition) is 4. The maximum atomic E-state index is 13.8. The monoisotopic (exact) mass is 302 g/mol. The van der Waals surface area contributed by atoms with Crippen molar-refractivity contribution in [3.05, 3.63) is 24.0 Å². The van der Waals surface area contributed by atoms with Crippen molar-refractivity contribution in [3.63, 3.8) is 0 Å². The standard InChI is InChI=1S/C13H19FN2O3S/c1-16(11-7-2-3-8-12(11)17)20(18,19)13-9(14)5-4-6-10(13)15/h4-6,11-12,17H,2-3,7-8,15H2,1H3. The Kier molecular flexibility index (Phi) is 4.31. The maximum Gasteiger partial charge on any atom is 0.248 e. The molecule has 1 aromatic carbocycles. The van der Waals surface area contributed by atoms with Gasteiger partial charge in [-0.2, -0.15) is 4.31 Å². The third-order valence-electron chi connectivity index (χ3n) is 3.80. The van der Waals surface area contributed by atoms with Gasteiger partial charge in [0.2, 0.25) is 10.0 Å². The van der Waals surface area contributed by atoms with Crippen molar-refractivity contribution in [2.24, 2.45) is 0 Å². The number of likely N-dealkylation sites (N-methyl/N-ethyl adjacent to an activating group) is 1. The van der Waals surface area contributed by atoms with Crippen molar-refractivity contribution in [1.29, 1.82) is 0 Å². The van der Waals surface area contributed by atoms with Crippen LogP contribution in [0.4, 0.5) is 10.1 Å². The number of nitrogens with zero attached hydrogens (tertiary/aromatic N) is 1. The Morgan fingerprint density at radius 3 is 2.60 bits per heavy atom. The van der Waals surface area contributed by atoms with Crippen molar-refractivity contribution in [2.45, 2.75) is 42.7 Å². The fourth-order valence-electron chi connectivity index (χ4n) is 2.64. The van der Waals surface area contributed by atoms with Crippen LogP contribution in [-0.2, 0) is 10.0 Å². The van der Waals surface area contributed by atoms with Gasteiger partial charge in [-0.25, -0.2) is 12.8 Å². The van der Waals surface area contributed by atoms with Gasteiger partial charge in [-0.05, 0) is 25.0 Å². The predicted octanol–water partition coefficient (Wildman–Crippen LogP) is 1.33. The second kappa shape index (κ2) is 5.67. The topological polar surface area (TPSA) is 83.6 Å². The molecule has 0 heterocycles. The van der Waals surface area contributed by atoms with Crippen molar-refractivity contribution < 1.29 is 17.9 Å². The Bertz CT molecular complexity index is 571. The molecule has 112 valence electrons. The van der Waals surface area contributed by atoms with Gasteiger partial charge in [-0.3, -0.25) is 0 Å². The summed E-state index contributed by atoms with van der Waals surface area (Å²) in [4.78, 5) is -0.514. The fourth-order valence-corrected chi connectivity index (χ4v) is 4.21. The third-order valence-corrected chi connectivity index (χ3v) is 5.77. The highest BCUT2D eigenvalue weighted by Gasteiger charge is 2.36. The lowest BCUT2D eigenvalue weighted by Gasteiger charge is -2.34. The number of nitrogens with two attached hydrogens (primary N) is 1. The number of halogens is 1. The lowest BCUT2D eigenvalue weighted by Crippen LogP contribution is -2.46. The molecule has 2 rings (SSSR count). The van der Waals surface area contributed by atoms with Gasteiger partial charge in [0.1, 0.15) is 10.7 Å². The second-order valence-electron chi connectivity index (χ2n) is 5.10. The summed E-state index contributed by atoms with van der Waals surface area (Å²) >= 11 is 0. The van der Waals surface area contributed by atoms with Crippen LogP contribution < -0.4 is 5.73 Å². The van der Waals surface area contributed by atoms with Gasteiger partial charge in [-0.15, -0.1) is 0 Å².